The van der Waals surface area contributed by atoms with Gasteiger partial charge in [-0.15, -0.1) is 0 Å². The Kier molecular flexibility index (Phi) is 4.18. The number of aliphatic hydroxyl groups is 1. The molecule has 1 aromatic heterocycles. The van der Waals surface area contributed by atoms with Crippen molar-refractivity contribution in [3.63, 3.8) is 0 Å². The number of rotatable bonds is 4. The Labute approximate surface area is 103 Å². The second-order valence-electron chi connectivity index (χ2n) is 5.27. The van der Waals surface area contributed by atoms with Crippen LogP contribution in [0.2, 0.25) is 0 Å². The number of nitrogens with one attached hydrogen (secondary N) is 1. The number of hydrogen-bond acceptors (Lipinski definition) is 3. The Morgan fingerprint density at radius 3 is 2.76 bits per heavy atom. The van der Waals surface area contributed by atoms with Crippen LogP contribution in [0.3, 0.4) is 0 Å². The summed E-state index contributed by atoms with van der Waals surface area (Å²) in [5.74, 6) is 0. The molecule has 0 aromatic carbocycles. The summed E-state index contributed by atoms with van der Waals surface area (Å²) < 4.78 is 2.20. The van der Waals surface area contributed by atoms with Crippen molar-refractivity contribution in [3.05, 3.63) is 18.2 Å². The van der Waals surface area contributed by atoms with E-state index in [-0.39, 0.29) is 6.10 Å². The van der Waals surface area contributed by atoms with Crippen LogP contribution in [0.4, 0.5) is 0 Å². The minimum Gasteiger partial charge on any atom is -0.393 e. The Balaban J connectivity index is 1.83. The highest BCUT2D eigenvalue weighted by atomic mass is 16.3. The van der Waals surface area contributed by atoms with Crippen LogP contribution in [0.5, 0.6) is 0 Å². The van der Waals surface area contributed by atoms with Crippen molar-refractivity contribution in [2.45, 2.75) is 64.3 Å². The van der Waals surface area contributed by atoms with Gasteiger partial charge in [-0.2, -0.15) is 0 Å². The minimum atomic E-state index is -0.0748. The molecule has 1 fully saturated rings. The van der Waals surface area contributed by atoms with Crippen molar-refractivity contribution < 1.29 is 5.11 Å². The molecule has 0 aliphatic heterocycles. The van der Waals surface area contributed by atoms with Crippen LogP contribution in [0.25, 0.3) is 0 Å². The molecule has 4 heteroatoms. The molecule has 2 rings (SSSR count). The van der Waals surface area contributed by atoms with Gasteiger partial charge >= 0.3 is 0 Å². The first-order valence-corrected chi connectivity index (χ1v) is 6.59. The molecule has 0 spiro atoms. The van der Waals surface area contributed by atoms with E-state index in [1.54, 1.807) is 0 Å². The largest absolute Gasteiger partial charge is 0.393 e. The van der Waals surface area contributed by atoms with Crippen LogP contribution in [0, 0.1) is 0 Å². The summed E-state index contributed by atoms with van der Waals surface area (Å²) in [5.41, 5.74) is 1.24. The molecule has 1 aromatic rings. The van der Waals surface area contributed by atoms with Gasteiger partial charge in [-0.1, -0.05) is 0 Å². The van der Waals surface area contributed by atoms with Crippen molar-refractivity contribution in [3.8, 4) is 0 Å². The highest BCUT2D eigenvalue weighted by Crippen LogP contribution is 2.19. The average Bonchev–Trinajstić information content (AvgIpc) is 2.76. The van der Waals surface area contributed by atoms with Gasteiger partial charge in [0.2, 0.25) is 0 Å². The van der Waals surface area contributed by atoms with Gasteiger partial charge in [-0.3, -0.25) is 0 Å². The van der Waals surface area contributed by atoms with E-state index in [4.69, 9.17) is 0 Å². The third-order valence-corrected chi connectivity index (χ3v) is 3.57. The molecular formula is C13H23N3O. The zero-order chi connectivity index (χ0) is 12.3. The van der Waals surface area contributed by atoms with Crippen LogP contribution < -0.4 is 5.32 Å². The number of hydrogen-bond donors (Lipinski definition) is 2. The van der Waals surface area contributed by atoms with Gasteiger partial charge in [0.1, 0.15) is 0 Å². The van der Waals surface area contributed by atoms with Crippen molar-refractivity contribution in [2.75, 3.05) is 0 Å². The Morgan fingerprint density at radius 1 is 1.41 bits per heavy atom. The van der Waals surface area contributed by atoms with Crippen LogP contribution in [0.1, 0.15) is 51.3 Å². The SMILES string of the molecule is CC(C)n1cncc1CNC1CCC(O)CC1. The summed E-state index contributed by atoms with van der Waals surface area (Å²) in [6, 6.07) is 1.01. The molecule has 2 N–H and O–H groups in total. The summed E-state index contributed by atoms with van der Waals surface area (Å²) in [4.78, 5) is 4.20. The van der Waals surface area contributed by atoms with Gasteiger partial charge in [0, 0.05) is 24.8 Å². The van der Waals surface area contributed by atoms with Crippen molar-refractivity contribution >= 4 is 0 Å². The van der Waals surface area contributed by atoms with Crippen LogP contribution in [-0.2, 0) is 6.54 Å². The van der Waals surface area contributed by atoms with E-state index in [0.717, 1.165) is 32.2 Å². The predicted octanol–water partition coefficient (Wildman–Crippen LogP) is 1.86. The van der Waals surface area contributed by atoms with Crippen molar-refractivity contribution in [2.24, 2.45) is 0 Å². The highest BCUT2D eigenvalue weighted by Gasteiger charge is 2.19. The predicted molar refractivity (Wildman–Crippen MR) is 67.7 cm³/mol. The lowest BCUT2D eigenvalue weighted by Gasteiger charge is -2.26. The first-order valence-electron chi connectivity index (χ1n) is 6.59. The normalized spacial score (nSPS) is 25.4. The van der Waals surface area contributed by atoms with Gasteiger partial charge in [-0.25, -0.2) is 4.98 Å². The molecule has 1 saturated carbocycles. The van der Waals surface area contributed by atoms with Crippen LogP contribution >= 0.6 is 0 Å². The standard InChI is InChI=1S/C13H23N3O/c1-10(2)16-9-14-7-12(16)8-15-11-3-5-13(17)6-4-11/h7,9-11,13,15,17H,3-6,8H2,1-2H3. The molecule has 0 unspecified atom stereocenters. The summed E-state index contributed by atoms with van der Waals surface area (Å²) in [6.07, 6.45) is 7.78. The number of aromatic nitrogens is 2. The fourth-order valence-electron chi connectivity index (χ4n) is 2.46. The topological polar surface area (TPSA) is 50.1 Å². The van der Waals surface area contributed by atoms with E-state index in [0.29, 0.717) is 12.1 Å². The zero-order valence-corrected chi connectivity index (χ0v) is 10.8. The first kappa shape index (κ1) is 12.6. The lowest BCUT2D eigenvalue weighted by molar-refractivity contribution is 0.116. The summed E-state index contributed by atoms with van der Waals surface area (Å²) in [6.45, 7) is 5.21. The Hall–Kier alpha value is -0.870. The van der Waals surface area contributed by atoms with Gasteiger partial charge < -0.3 is 15.0 Å². The molecule has 0 saturated heterocycles. The monoisotopic (exact) mass is 237 g/mol. The number of imidazole rings is 1. The number of nitrogens with zero attached hydrogens (tertiary/aromatic N) is 2. The lowest BCUT2D eigenvalue weighted by Crippen LogP contribution is -2.34. The summed E-state index contributed by atoms with van der Waals surface area (Å²) in [7, 11) is 0. The molecule has 1 aliphatic rings. The third kappa shape index (κ3) is 3.30. The second-order valence-corrected chi connectivity index (χ2v) is 5.27. The quantitative estimate of drug-likeness (QED) is 0.840. The molecule has 4 nitrogen and oxygen atoms in total. The molecule has 1 aliphatic carbocycles. The van der Waals surface area contributed by atoms with Gasteiger partial charge in [0.15, 0.2) is 0 Å². The van der Waals surface area contributed by atoms with E-state index >= 15 is 0 Å². The maximum atomic E-state index is 9.45. The Morgan fingerprint density at radius 2 is 2.12 bits per heavy atom. The molecule has 0 radical (unpaired) electrons. The summed E-state index contributed by atoms with van der Waals surface area (Å²) in [5, 5.41) is 13.0. The maximum absolute atomic E-state index is 9.45. The van der Waals surface area contributed by atoms with Gasteiger partial charge in [-0.05, 0) is 39.5 Å². The summed E-state index contributed by atoms with van der Waals surface area (Å²) >= 11 is 0. The van der Waals surface area contributed by atoms with Gasteiger partial charge in [0.25, 0.3) is 0 Å². The second kappa shape index (κ2) is 5.65. The Bertz CT molecular complexity index is 340. The molecule has 0 atom stereocenters. The number of aliphatic hydroxyl groups excluding tert-OH is 1. The van der Waals surface area contributed by atoms with Crippen molar-refractivity contribution in [1.82, 2.24) is 14.9 Å². The van der Waals surface area contributed by atoms with Gasteiger partial charge in [0.05, 0.1) is 18.1 Å². The highest BCUT2D eigenvalue weighted by molar-refractivity contribution is 5.00. The zero-order valence-electron chi connectivity index (χ0n) is 10.8. The molecule has 0 bridgehead atoms. The van der Waals surface area contributed by atoms with E-state index in [9.17, 15) is 5.11 Å². The average molecular weight is 237 g/mol. The molecule has 1 heterocycles. The molecule has 96 valence electrons. The maximum Gasteiger partial charge on any atom is 0.0951 e. The third-order valence-electron chi connectivity index (χ3n) is 3.57. The van der Waals surface area contributed by atoms with Crippen molar-refractivity contribution in [1.29, 1.82) is 0 Å². The smallest absolute Gasteiger partial charge is 0.0951 e. The van der Waals surface area contributed by atoms with Crippen LogP contribution in [0.15, 0.2) is 12.5 Å². The van der Waals surface area contributed by atoms with Crippen LogP contribution in [-0.4, -0.2) is 26.8 Å². The fourth-order valence-corrected chi connectivity index (χ4v) is 2.46. The van der Waals surface area contributed by atoms with E-state index in [1.807, 2.05) is 12.5 Å². The van der Waals surface area contributed by atoms with E-state index in [2.05, 4.69) is 28.7 Å². The minimum absolute atomic E-state index is 0.0748. The molecule has 17 heavy (non-hydrogen) atoms. The van der Waals surface area contributed by atoms with E-state index in [1.165, 1.54) is 5.69 Å². The lowest BCUT2D eigenvalue weighted by atomic mass is 9.93. The molecule has 0 amide bonds. The first-order chi connectivity index (χ1) is 8.16. The molecular weight excluding hydrogens is 214 g/mol. The fraction of sp³-hybridized carbons (Fsp3) is 0.769. The van der Waals surface area contributed by atoms with E-state index < -0.39 is 0 Å².